The number of benzene rings is 1. The lowest BCUT2D eigenvalue weighted by atomic mass is 9.96. The maximum absolute atomic E-state index is 13.3. The summed E-state index contributed by atoms with van der Waals surface area (Å²) in [7, 11) is -3.63. The number of carbonyl (C=O) groups is 1. The van der Waals surface area contributed by atoms with Crippen LogP contribution in [0.5, 0.6) is 0 Å². The number of nitrogens with zero attached hydrogens (tertiary/aromatic N) is 2. The van der Waals surface area contributed by atoms with E-state index < -0.39 is 10.0 Å². The Kier molecular flexibility index (Phi) is 6.05. The van der Waals surface area contributed by atoms with E-state index in [4.69, 9.17) is 0 Å². The fraction of sp³-hybridized carbons (Fsp3) is 0.524. The van der Waals surface area contributed by atoms with Gasteiger partial charge in [-0.05, 0) is 56.4 Å². The Balaban J connectivity index is 1.76. The Morgan fingerprint density at radius 2 is 1.86 bits per heavy atom. The van der Waals surface area contributed by atoms with E-state index in [0.717, 1.165) is 5.56 Å². The zero-order valence-electron chi connectivity index (χ0n) is 17.0. The van der Waals surface area contributed by atoms with Gasteiger partial charge >= 0.3 is 0 Å². The van der Waals surface area contributed by atoms with Crippen molar-refractivity contribution in [2.45, 2.75) is 51.5 Å². The Morgan fingerprint density at radius 3 is 2.50 bits per heavy atom. The molecule has 0 saturated carbocycles. The number of pyridine rings is 1. The largest absolute Gasteiger partial charge is 0.353 e. The van der Waals surface area contributed by atoms with Crippen molar-refractivity contribution in [3.63, 3.8) is 0 Å². The van der Waals surface area contributed by atoms with Crippen LogP contribution in [-0.2, 0) is 14.8 Å². The first kappa shape index (κ1) is 20.7. The molecule has 1 aliphatic heterocycles. The van der Waals surface area contributed by atoms with Crippen LogP contribution in [0, 0.1) is 18.8 Å². The number of rotatable bonds is 5. The molecule has 0 aliphatic carbocycles. The first-order valence-electron chi connectivity index (χ1n) is 9.86. The van der Waals surface area contributed by atoms with E-state index in [-0.39, 0.29) is 22.8 Å². The Hall–Kier alpha value is -1.99. The van der Waals surface area contributed by atoms with Gasteiger partial charge in [0, 0.05) is 36.6 Å². The van der Waals surface area contributed by atoms with Gasteiger partial charge in [-0.15, -0.1) is 0 Å². The number of hydrogen-bond acceptors (Lipinski definition) is 4. The summed E-state index contributed by atoms with van der Waals surface area (Å²) in [6.45, 7) is 8.77. The van der Waals surface area contributed by atoms with E-state index in [0.29, 0.717) is 42.8 Å². The van der Waals surface area contributed by atoms with Crippen molar-refractivity contribution in [2.75, 3.05) is 13.1 Å². The van der Waals surface area contributed by atoms with Gasteiger partial charge in [-0.1, -0.05) is 19.9 Å². The monoisotopic (exact) mass is 403 g/mol. The predicted octanol–water partition coefficient (Wildman–Crippen LogP) is 3.10. The molecule has 0 bridgehead atoms. The minimum atomic E-state index is -3.63. The molecule has 152 valence electrons. The third kappa shape index (κ3) is 4.05. The summed E-state index contributed by atoms with van der Waals surface area (Å²) >= 11 is 0. The smallest absolute Gasteiger partial charge is 0.243 e. The molecule has 1 saturated heterocycles. The third-order valence-electron chi connectivity index (χ3n) is 5.74. The van der Waals surface area contributed by atoms with Crippen LogP contribution >= 0.6 is 0 Å². The highest BCUT2D eigenvalue weighted by atomic mass is 32.2. The molecule has 1 fully saturated rings. The minimum Gasteiger partial charge on any atom is -0.353 e. The second-order valence-electron chi connectivity index (χ2n) is 8.00. The number of aryl methyl sites for hydroxylation is 1. The van der Waals surface area contributed by atoms with E-state index in [2.05, 4.69) is 24.1 Å². The molecular weight excluding hydrogens is 374 g/mol. The van der Waals surface area contributed by atoms with Gasteiger partial charge in [-0.2, -0.15) is 4.31 Å². The molecular formula is C21H29N3O3S. The third-order valence-corrected chi connectivity index (χ3v) is 7.70. The maximum atomic E-state index is 13.3. The van der Waals surface area contributed by atoms with E-state index in [1.807, 2.05) is 13.8 Å². The zero-order chi connectivity index (χ0) is 20.5. The van der Waals surface area contributed by atoms with E-state index in [9.17, 15) is 13.2 Å². The Labute approximate surface area is 167 Å². The molecule has 1 unspecified atom stereocenters. The summed E-state index contributed by atoms with van der Waals surface area (Å²) in [5.41, 5.74) is 1.66. The minimum absolute atomic E-state index is 0.0308. The van der Waals surface area contributed by atoms with Crippen molar-refractivity contribution >= 4 is 26.8 Å². The van der Waals surface area contributed by atoms with Crippen LogP contribution in [0.1, 0.15) is 39.2 Å². The first-order chi connectivity index (χ1) is 13.2. The van der Waals surface area contributed by atoms with Gasteiger partial charge in [0.2, 0.25) is 15.9 Å². The van der Waals surface area contributed by atoms with Crippen LogP contribution in [-0.4, -0.2) is 42.7 Å². The Bertz CT molecular complexity index is 964. The topological polar surface area (TPSA) is 79.4 Å². The molecule has 0 radical (unpaired) electrons. The lowest BCUT2D eigenvalue weighted by Gasteiger charge is -2.31. The average molecular weight is 404 g/mol. The molecule has 6 nitrogen and oxygen atoms in total. The molecule has 7 heteroatoms. The molecule has 1 amide bonds. The normalized spacial score (nSPS) is 17.8. The first-order valence-corrected chi connectivity index (χ1v) is 11.3. The number of nitrogens with one attached hydrogen (secondary N) is 1. The highest BCUT2D eigenvalue weighted by Gasteiger charge is 2.33. The van der Waals surface area contributed by atoms with Crippen LogP contribution in [0.4, 0.5) is 0 Å². The van der Waals surface area contributed by atoms with E-state index in [1.165, 1.54) is 4.31 Å². The molecule has 2 aromatic rings. The van der Waals surface area contributed by atoms with Crippen molar-refractivity contribution in [1.29, 1.82) is 0 Å². The summed E-state index contributed by atoms with van der Waals surface area (Å²) in [5, 5.41) is 3.70. The summed E-state index contributed by atoms with van der Waals surface area (Å²) in [6, 6.07) is 7.14. The van der Waals surface area contributed by atoms with Crippen molar-refractivity contribution in [2.24, 2.45) is 11.8 Å². The van der Waals surface area contributed by atoms with Crippen LogP contribution in [0.2, 0.25) is 0 Å². The van der Waals surface area contributed by atoms with Crippen LogP contribution in [0.3, 0.4) is 0 Å². The van der Waals surface area contributed by atoms with Crippen LogP contribution in [0.15, 0.2) is 35.4 Å². The number of sulfonamides is 1. The lowest BCUT2D eigenvalue weighted by Crippen LogP contribution is -2.45. The lowest BCUT2D eigenvalue weighted by molar-refractivity contribution is -0.127. The van der Waals surface area contributed by atoms with Gasteiger partial charge in [0.15, 0.2) is 0 Å². The number of hydrogen-bond donors (Lipinski definition) is 1. The fourth-order valence-corrected chi connectivity index (χ4v) is 5.17. The fourth-order valence-electron chi connectivity index (χ4n) is 3.52. The van der Waals surface area contributed by atoms with Crippen LogP contribution < -0.4 is 5.32 Å². The standard InChI is InChI=1S/C21H29N3O3S/c1-14(2)16(4)23-21(25)17-9-12-24(13-10-17)28(26,27)19-8-7-15(3)20-18(19)6-5-11-22-20/h5-8,11,14,16-17H,9-10,12-13H2,1-4H3,(H,23,25). The molecule has 3 rings (SSSR count). The van der Waals surface area contributed by atoms with Crippen molar-refractivity contribution in [3.05, 3.63) is 36.0 Å². The summed E-state index contributed by atoms with van der Waals surface area (Å²) in [5.74, 6) is 0.264. The molecule has 1 N–H and O–H groups in total. The molecule has 1 aromatic heterocycles. The molecule has 1 atom stereocenters. The summed E-state index contributed by atoms with van der Waals surface area (Å²) in [6.07, 6.45) is 2.75. The average Bonchev–Trinajstić information content (AvgIpc) is 2.68. The highest BCUT2D eigenvalue weighted by molar-refractivity contribution is 7.89. The van der Waals surface area contributed by atoms with E-state index in [1.54, 1.807) is 30.5 Å². The number of aromatic nitrogens is 1. The number of fused-ring (bicyclic) bond motifs is 1. The molecule has 0 spiro atoms. The molecule has 2 heterocycles. The van der Waals surface area contributed by atoms with E-state index >= 15 is 0 Å². The maximum Gasteiger partial charge on any atom is 0.243 e. The second-order valence-corrected chi connectivity index (χ2v) is 9.91. The van der Waals surface area contributed by atoms with Gasteiger partial charge in [0.1, 0.15) is 0 Å². The SMILES string of the molecule is Cc1ccc(S(=O)(=O)N2CCC(C(=O)NC(C)C(C)C)CC2)c2cccnc12. The highest BCUT2D eigenvalue weighted by Crippen LogP contribution is 2.29. The summed E-state index contributed by atoms with van der Waals surface area (Å²) in [4.78, 5) is 17.1. The van der Waals surface area contributed by atoms with Gasteiger partial charge in [0.25, 0.3) is 0 Å². The molecule has 1 aromatic carbocycles. The molecule has 28 heavy (non-hydrogen) atoms. The molecule has 1 aliphatic rings. The number of amides is 1. The second kappa shape index (κ2) is 8.17. The van der Waals surface area contributed by atoms with Crippen molar-refractivity contribution in [1.82, 2.24) is 14.6 Å². The number of piperidine rings is 1. The van der Waals surface area contributed by atoms with Gasteiger partial charge in [-0.25, -0.2) is 8.42 Å². The van der Waals surface area contributed by atoms with Gasteiger partial charge < -0.3 is 5.32 Å². The predicted molar refractivity (Wildman–Crippen MR) is 110 cm³/mol. The van der Waals surface area contributed by atoms with Crippen molar-refractivity contribution < 1.29 is 13.2 Å². The van der Waals surface area contributed by atoms with Gasteiger partial charge in [-0.3, -0.25) is 9.78 Å². The van der Waals surface area contributed by atoms with Crippen LogP contribution in [0.25, 0.3) is 10.9 Å². The van der Waals surface area contributed by atoms with Gasteiger partial charge in [0.05, 0.1) is 10.4 Å². The van der Waals surface area contributed by atoms with Crippen molar-refractivity contribution in [3.8, 4) is 0 Å². The number of carbonyl (C=O) groups excluding carboxylic acids is 1. The summed E-state index contributed by atoms with van der Waals surface area (Å²) < 4.78 is 28.0. The quantitative estimate of drug-likeness (QED) is 0.832. The zero-order valence-corrected chi connectivity index (χ0v) is 17.8. The Morgan fingerprint density at radius 1 is 1.18 bits per heavy atom.